The van der Waals surface area contributed by atoms with Crippen LogP contribution in [0, 0.1) is 0 Å². The smallest absolute Gasteiger partial charge is 0.0794 e. The van der Waals surface area contributed by atoms with Gasteiger partial charge in [0.2, 0.25) is 0 Å². The Kier molecular flexibility index (Phi) is 1.79. The van der Waals surface area contributed by atoms with Gasteiger partial charge in [-0.05, 0) is 0 Å². The lowest BCUT2D eigenvalue weighted by Gasteiger charge is -1.94. The molecule has 0 aliphatic carbocycles. The van der Waals surface area contributed by atoms with Crippen molar-refractivity contribution in [3.8, 4) is 0 Å². The maximum atomic E-state index is 9.92. The van der Waals surface area contributed by atoms with Gasteiger partial charge < -0.3 is 9.90 Å². The molecule has 0 saturated carbocycles. The van der Waals surface area contributed by atoms with E-state index in [1.807, 2.05) is 0 Å². The summed E-state index contributed by atoms with van der Waals surface area (Å²) in [6.07, 6.45) is -0.0799. The average molecular weight is 142 g/mol. The summed E-state index contributed by atoms with van der Waals surface area (Å²) in [5.74, 6) is -1.08. The predicted octanol–water partition coefficient (Wildman–Crippen LogP) is -0.565. The van der Waals surface area contributed by atoms with Crippen molar-refractivity contribution in [2.45, 2.75) is 6.42 Å². The lowest BCUT2D eigenvalue weighted by molar-refractivity contribution is -0.304. The Morgan fingerprint density at radius 1 is 1.89 bits per heavy atom. The van der Waals surface area contributed by atoms with Gasteiger partial charge in [-0.3, -0.25) is 0 Å². The zero-order chi connectivity index (χ0) is 6.69. The number of carboxylic acids is 1. The van der Waals surface area contributed by atoms with Crippen LogP contribution in [0.3, 0.4) is 0 Å². The highest BCUT2D eigenvalue weighted by atomic mass is 32.1. The van der Waals surface area contributed by atoms with Gasteiger partial charge in [-0.2, -0.15) is 0 Å². The van der Waals surface area contributed by atoms with Crippen LogP contribution in [0.4, 0.5) is 0 Å². The topological polar surface area (TPSA) is 53.0 Å². The number of hydrogen-bond donors (Lipinski definition) is 0. The first-order valence-electron chi connectivity index (χ1n) is 2.36. The number of carbonyl (C=O) groups excluding carboxylic acids is 1. The maximum Gasteiger partial charge on any atom is 0.0794 e. The molecule has 1 aromatic heterocycles. The van der Waals surface area contributed by atoms with Crippen LogP contribution in [0.25, 0.3) is 0 Å². The Morgan fingerprint density at radius 3 is 3.11 bits per heavy atom. The molecule has 0 N–H and O–H groups in total. The zero-order valence-electron chi connectivity index (χ0n) is 4.53. The molecule has 1 rings (SSSR count). The fourth-order valence-corrected chi connectivity index (χ4v) is 1.03. The van der Waals surface area contributed by atoms with Crippen molar-refractivity contribution in [2.24, 2.45) is 0 Å². The van der Waals surface area contributed by atoms with E-state index in [0.717, 1.165) is 0 Å². The molecule has 0 radical (unpaired) electrons. The second-order valence-corrected chi connectivity index (χ2v) is 2.25. The molecular weight excluding hydrogens is 138 g/mol. The van der Waals surface area contributed by atoms with E-state index in [2.05, 4.69) is 4.98 Å². The molecule has 0 saturated heterocycles. The van der Waals surface area contributed by atoms with Gasteiger partial charge in [-0.25, -0.2) is 4.98 Å². The quantitative estimate of drug-likeness (QED) is 0.556. The fraction of sp³-hybridized carbons (Fsp3) is 0.200. The van der Waals surface area contributed by atoms with Crippen molar-refractivity contribution in [2.75, 3.05) is 0 Å². The summed E-state index contributed by atoms with van der Waals surface area (Å²) < 4.78 is 0. The minimum Gasteiger partial charge on any atom is -0.550 e. The molecule has 9 heavy (non-hydrogen) atoms. The molecule has 0 unspecified atom stereocenters. The SMILES string of the molecule is O=C([O-])Cc1cscn1. The van der Waals surface area contributed by atoms with Crippen molar-refractivity contribution in [1.82, 2.24) is 4.98 Å². The summed E-state index contributed by atoms with van der Waals surface area (Å²) in [7, 11) is 0. The lowest BCUT2D eigenvalue weighted by Crippen LogP contribution is -2.24. The number of rotatable bonds is 2. The normalized spacial score (nSPS) is 9.33. The van der Waals surface area contributed by atoms with E-state index in [1.54, 1.807) is 10.9 Å². The molecule has 0 bridgehead atoms. The Hall–Kier alpha value is -0.900. The van der Waals surface area contributed by atoms with Crippen LogP contribution in [-0.4, -0.2) is 11.0 Å². The number of aromatic nitrogens is 1. The van der Waals surface area contributed by atoms with Gasteiger partial charge in [0.1, 0.15) is 0 Å². The first-order chi connectivity index (χ1) is 4.29. The van der Waals surface area contributed by atoms with Gasteiger partial charge in [-0.15, -0.1) is 11.3 Å². The number of nitrogens with zero attached hydrogens (tertiary/aromatic N) is 1. The van der Waals surface area contributed by atoms with E-state index in [4.69, 9.17) is 0 Å². The van der Waals surface area contributed by atoms with E-state index in [0.29, 0.717) is 5.69 Å². The monoisotopic (exact) mass is 142 g/mol. The van der Waals surface area contributed by atoms with Gasteiger partial charge in [-0.1, -0.05) is 0 Å². The van der Waals surface area contributed by atoms with E-state index in [-0.39, 0.29) is 6.42 Å². The van der Waals surface area contributed by atoms with Crippen molar-refractivity contribution in [3.63, 3.8) is 0 Å². The first-order valence-corrected chi connectivity index (χ1v) is 3.30. The molecule has 1 heterocycles. The highest BCUT2D eigenvalue weighted by molar-refractivity contribution is 7.07. The summed E-state index contributed by atoms with van der Waals surface area (Å²) >= 11 is 1.38. The molecule has 48 valence electrons. The van der Waals surface area contributed by atoms with Gasteiger partial charge >= 0.3 is 0 Å². The van der Waals surface area contributed by atoms with Gasteiger partial charge in [0.15, 0.2) is 0 Å². The zero-order valence-corrected chi connectivity index (χ0v) is 5.35. The number of hydrogen-bond acceptors (Lipinski definition) is 4. The number of carbonyl (C=O) groups is 1. The molecule has 0 atom stereocenters. The Labute approximate surface area is 56.0 Å². The molecular formula is C5H4NO2S-. The summed E-state index contributed by atoms with van der Waals surface area (Å²) in [4.78, 5) is 13.7. The fourth-order valence-electron chi connectivity index (χ4n) is 0.473. The summed E-state index contributed by atoms with van der Waals surface area (Å²) in [5, 5.41) is 11.6. The third kappa shape index (κ3) is 1.81. The molecule has 0 spiro atoms. The number of aliphatic carboxylic acids is 1. The van der Waals surface area contributed by atoms with Crippen molar-refractivity contribution >= 4 is 17.3 Å². The highest BCUT2D eigenvalue weighted by Crippen LogP contribution is 1.99. The van der Waals surface area contributed by atoms with Crippen LogP contribution < -0.4 is 5.11 Å². The lowest BCUT2D eigenvalue weighted by atomic mass is 10.3. The summed E-state index contributed by atoms with van der Waals surface area (Å²) in [6, 6.07) is 0. The second-order valence-electron chi connectivity index (χ2n) is 1.53. The molecule has 0 aromatic carbocycles. The van der Waals surface area contributed by atoms with Crippen molar-refractivity contribution < 1.29 is 9.90 Å². The third-order valence-corrected chi connectivity index (χ3v) is 1.44. The second kappa shape index (κ2) is 2.59. The highest BCUT2D eigenvalue weighted by Gasteiger charge is 1.92. The molecule has 4 heteroatoms. The van der Waals surface area contributed by atoms with E-state index in [1.165, 1.54) is 11.3 Å². The average Bonchev–Trinajstić information content (AvgIpc) is 2.15. The minimum absolute atomic E-state index is 0.0799. The summed E-state index contributed by atoms with van der Waals surface area (Å²) in [6.45, 7) is 0. The predicted molar refractivity (Wildman–Crippen MR) is 30.8 cm³/mol. The minimum atomic E-state index is -1.08. The van der Waals surface area contributed by atoms with Crippen LogP contribution in [0.2, 0.25) is 0 Å². The first kappa shape index (κ1) is 6.22. The van der Waals surface area contributed by atoms with Crippen LogP contribution in [0.15, 0.2) is 10.9 Å². The van der Waals surface area contributed by atoms with Crippen LogP contribution in [0.1, 0.15) is 5.69 Å². The molecule has 0 aliphatic heterocycles. The van der Waals surface area contributed by atoms with Crippen LogP contribution in [-0.2, 0) is 11.2 Å². The molecule has 0 aliphatic rings. The summed E-state index contributed by atoms with van der Waals surface area (Å²) in [5.41, 5.74) is 2.16. The Balaban J connectivity index is 2.58. The Bertz CT molecular complexity index is 195. The van der Waals surface area contributed by atoms with Crippen LogP contribution >= 0.6 is 11.3 Å². The third-order valence-electron chi connectivity index (χ3n) is 0.809. The molecule has 1 aromatic rings. The van der Waals surface area contributed by atoms with Gasteiger partial charge in [0, 0.05) is 17.8 Å². The molecule has 0 fully saturated rings. The standard InChI is InChI=1S/C5H5NO2S/c7-5(8)1-4-2-9-3-6-4/h2-3H,1H2,(H,7,8)/p-1. The van der Waals surface area contributed by atoms with E-state index in [9.17, 15) is 9.90 Å². The van der Waals surface area contributed by atoms with Crippen LogP contribution in [0.5, 0.6) is 0 Å². The van der Waals surface area contributed by atoms with Crippen molar-refractivity contribution in [3.05, 3.63) is 16.6 Å². The van der Waals surface area contributed by atoms with Gasteiger partial charge in [0.05, 0.1) is 11.2 Å². The van der Waals surface area contributed by atoms with E-state index >= 15 is 0 Å². The van der Waals surface area contributed by atoms with Crippen molar-refractivity contribution in [1.29, 1.82) is 0 Å². The molecule has 3 nitrogen and oxygen atoms in total. The largest absolute Gasteiger partial charge is 0.550 e. The Morgan fingerprint density at radius 2 is 2.67 bits per heavy atom. The number of thiazole rings is 1. The van der Waals surface area contributed by atoms with E-state index < -0.39 is 5.97 Å². The van der Waals surface area contributed by atoms with Gasteiger partial charge in [0.25, 0.3) is 0 Å². The molecule has 0 amide bonds. The number of carboxylic acid groups (broad SMARTS) is 1. The maximum absolute atomic E-state index is 9.92.